The molecule has 1 unspecified atom stereocenters. The van der Waals surface area contributed by atoms with E-state index in [1.807, 2.05) is 61.5 Å². The summed E-state index contributed by atoms with van der Waals surface area (Å²) in [6.07, 6.45) is 0. The molecule has 3 aromatic carbocycles. The molecule has 1 aliphatic heterocycles. The molecule has 1 atom stereocenters. The first kappa shape index (κ1) is 27.1. The molecule has 0 radical (unpaired) electrons. The van der Waals surface area contributed by atoms with Crippen LogP contribution >= 0.6 is 0 Å². The fourth-order valence-corrected chi connectivity index (χ4v) is 5.07. The van der Waals surface area contributed by atoms with E-state index < -0.39 is 5.97 Å². The number of rotatable bonds is 7. The van der Waals surface area contributed by atoms with Gasteiger partial charge in [-0.3, -0.25) is 9.69 Å². The summed E-state index contributed by atoms with van der Waals surface area (Å²) in [5, 5.41) is 20.9. The zero-order chi connectivity index (χ0) is 28.4. The van der Waals surface area contributed by atoms with Gasteiger partial charge < -0.3 is 25.0 Å². The average Bonchev–Trinajstić information content (AvgIpc) is 3.30. The third kappa shape index (κ3) is 5.47. The number of aliphatic imine (C=N–C) groups is 1. The molecule has 3 N–H and O–H groups in total. The normalized spacial score (nSPS) is 15.7. The van der Waals surface area contributed by atoms with Gasteiger partial charge in [-0.25, -0.2) is 9.79 Å². The van der Waals surface area contributed by atoms with Crippen molar-refractivity contribution in [3.63, 3.8) is 0 Å². The maximum Gasteiger partial charge on any atom is 0.335 e. The number of carboxylic acids is 1. The van der Waals surface area contributed by atoms with Crippen LogP contribution in [0.5, 0.6) is 5.88 Å². The number of hydrogen-bond donors (Lipinski definition) is 3. The molecule has 206 valence electrons. The van der Waals surface area contributed by atoms with Crippen molar-refractivity contribution in [3.8, 4) is 5.88 Å². The van der Waals surface area contributed by atoms with Crippen molar-refractivity contribution >= 4 is 39.9 Å². The predicted molar refractivity (Wildman–Crippen MR) is 157 cm³/mol. The van der Waals surface area contributed by atoms with Gasteiger partial charge in [0.05, 0.1) is 28.6 Å². The van der Waals surface area contributed by atoms with Gasteiger partial charge >= 0.3 is 5.97 Å². The Morgan fingerprint density at radius 2 is 1.62 bits per heavy atom. The van der Waals surface area contributed by atoms with E-state index in [4.69, 9.17) is 4.99 Å². The summed E-state index contributed by atoms with van der Waals surface area (Å²) in [7, 11) is 3.89. The minimum Gasteiger partial charge on any atom is -0.494 e. The van der Waals surface area contributed by atoms with Crippen molar-refractivity contribution in [2.75, 3.05) is 45.2 Å². The fraction of sp³-hybridized carbons (Fsp3) is 0.258. The van der Waals surface area contributed by atoms with Crippen LogP contribution in [-0.2, 0) is 4.79 Å². The van der Waals surface area contributed by atoms with Gasteiger partial charge in [0.25, 0.3) is 0 Å². The van der Waals surface area contributed by atoms with Gasteiger partial charge in [0.1, 0.15) is 0 Å². The highest BCUT2D eigenvalue weighted by molar-refractivity contribution is 6.22. The zero-order valence-corrected chi connectivity index (χ0v) is 22.8. The summed E-state index contributed by atoms with van der Waals surface area (Å²) in [6, 6.07) is 21.4. The van der Waals surface area contributed by atoms with Crippen molar-refractivity contribution in [1.82, 2.24) is 14.8 Å². The number of aromatic carboxylic acids is 1. The number of carbonyl (C=O) groups excluding carboxylic acids is 1. The van der Waals surface area contributed by atoms with Crippen molar-refractivity contribution in [2.24, 2.45) is 4.99 Å². The van der Waals surface area contributed by atoms with Crippen molar-refractivity contribution in [2.45, 2.75) is 13.0 Å². The third-order valence-electron chi connectivity index (χ3n) is 7.56. The van der Waals surface area contributed by atoms with E-state index >= 15 is 0 Å². The van der Waals surface area contributed by atoms with E-state index in [2.05, 4.69) is 21.8 Å². The zero-order valence-electron chi connectivity index (χ0n) is 22.8. The molecule has 0 bridgehead atoms. The number of aromatic hydroxyl groups is 1. The highest BCUT2D eigenvalue weighted by Crippen LogP contribution is 2.32. The number of carbonyl (C=O) groups is 2. The molecule has 9 heteroatoms. The second-order valence-corrected chi connectivity index (χ2v) is 10.2. The van der Waals surface area contributed by atoms with E-state index in [1.165, 1.54) is 12.1 Å². The predicted octanol–water partition coefficient (Wildman–Crippen LogP) is 4.34. The van der Waals surface area contributed by atoms with Gasteiger partial charge in [-0.2, -0.15) is 0 Å². The van der Waals surface area contributed by atoms with Gasteiger partial charge in [-0.15, -0.1) is 0 Å². The Labute approximate surface area is 233 Å². The molecule has 4 aromatic rings. The van der Waals surface area contributed by atoms with Gasteiger partial charge in [0.2, 0.25) is 5.91 Å². The van der Waals surface area contributed by atoms with E-state index in [0.717, 1.165) is 37.4 Å². The first-order valence-electron chi connectivity index (χ1n) is 13.3. The molecular formula is C31H33N5O4. The number of carboxylic acid groups (broad SMARTS) is 1. The Bertz CT molecular complexity index is 1550. The second kappa shape index (κ2) is 11.3. The maximum atomic E-state index is 13.2. The minimum absolute atomic E-state index is 0.0372. The Balaban J connectivity index is 1.46. The van der Waals surface area contributed by atoms with Crippen LogP contribution in [0.3, 0.4) is 0 Å². The van der Waals surface area contributed by atoms with Crippen LogP contribution in [0.25, 0.3) is 10.9 Å². The van der Waals surface area contributed by atoms with Crippen LogP contribution in [0.1, 0.15) is 28.4 Å². The van der Waals surface area contributed by atoms with Crippen molar-refractivity contribution in [1.29, 1.82) is 0 Å². The van der Waals surface area contributed by atoms with E-state index in [0.29, 0.717) is 27.9 Å². The number of hydrogen-bond acceptors (Lipinski definition) is 6. The number of benzene rings is 3. The third-order valence-corrected chi connectivity index (χ3v) is 7.56. The number of aromatic nitrogens is 1. The Kier molecular flexibility index (Phi) is 7.68. The number of anilines is 1. The van der Waals surface area contributed by atoms with Gasteiger partial charge in [0, 0.05) is 55.4 Å². The Morgan fingerprint density at radius 3 is 2.27 bits per heavy atom. The molecule has 0 saturated carbocycles. The molecule has 1 fully saturated rings. The lowest BCUT2D eigenvalue weighted by atomic mass is 10.00. The smallest absolute Gasteiger partial charge is 0.335 e. The van der Waals surface area contributed by atoms with E-state index in [-0.39, 0.29) is 23.4 Å². The standard InChI is InChI=1S/C31H33N5O4/c1-20(36-17-15-34(2)16-18-36)30(38)35(3)24-12-10-23(11-13-24)32-28(21-7-5-4-6-8-21)27-25-14-9-22(31(39)40)19-26(25)33-29(27)37/h4-14,19-20,33,37H,15-18H2,1-3H3,(H,39,40). The van der Waals surface area contributed by atoms with Crippen LogP contribution < -0.4 is 4.90 Å². The van der Waals surface area contributed by atoms with Crippen LogP contribution in [0.4, 0.5) is 11.4 Å². The number of fused-ring (bicyclic) bond motifs is 1. The van der Waals surface area contributed by atoms with Crippen LogP contribution in [0.15, 0.2) is 77.8 Å². The second-order valence-electron chi connectivity index (χ2n) is 10.2. The number of H-pyrrole nitrogens is 1. The molecule has 5 rings (SSSR count). The summed E-state index contributed by atoms with van der Waals surface area (Å²) in [5.74, 6) is -1.11. The number of nitrogens with one attached hydrogen (secondary N) is 1. The topological polar surface area (TPSA) is 112 Å². The lowest BCUT2D eigenvalue weighted by Crippen LogP contribution is -2.53. The summed E-state index contributed by atoms with van der Waals surface area (Å²) in [4.78, 5) is 38.6. The molecule has 40 heavy (non-hydrogen) atoms. The number of amides is 1. The lowest BCUT2D eigenvalue weighted by molar-refractivity contribution is -0.123. The van der Waals surface area contributed by atoms with Crippen LogP contribution in [-0.4, -0.2) is 88.9 Å². The molecule has 0 spiro atoms. The number of piperazine rings is 1. The van der Waals surface area contributed by atoms with Gasteiger partial charge in [0.15, 0.2) is 5.88 Å². The SMILES string of the molecule is CC(C(=O)N(C)c1ccc(N=C(c2ccccc2)c2c(O)[nH]c3cc(C(=O)O)ccc23)cc1)N1CCN(C)CC1. The van der Waals surface area contributed by atoms with Crippen LogP contribution in [0.2, 0.25) is 0 Å². The van der Waals surface area contributed by atoms with E-state index in [9.17, 15) is 19.8 Å². The maximum absolute atomic E-state index is 13.2. The molecule has 2 heterocycles. The largest absolute Gasteiger partial charge is 0.494 e. The molecule has 1 aliphatic rings. The van der Waals surface area contributed by atoms with Crippen molar-refractivity contribution in [3.05, 3.63) is 89.5 Å². The van der Waals surface area contributed by atoms with E-state index in [1.54, 1.807) is 18.0 Å². The highest BCUT2D eigenvalue weighted by Gasteiger charge is 2.27. The number of nitrogens with zero attached hydrogens (tertiary/aromatic N) is 4. The van der Waals surface area contributed by atoms with Crippen LogP contribution in [0, 0.1) is 0 Å². The van der Waals surface area contributed by atoms with Crippen molar-refractivity contribution < 1.29 is 19.8 Å². The molecule has 1 saturated heterocycles. The Morgan fingerprint density at radius 1 is 0.950 bits per heavy atom. The lowest BCUT2D eigenvalue weighted by Gasteiger charge is -2.37. The Hall–Kier alpha value is -4.47. The minimum atomic E-state index is -1.05. The molecule has 1 aromatic heterocycles. The molecule has 0 aliphatic carbocycles. The first-order chi connectivity index (χ1) is 19.2. The highest BCUT2D eigenvalue weighted by atomic mass is 16.4. The first-order valence-corrected chi connectivity index (χ1v) is 13.3. The summed E-state index contributed by atoms with van der Waals surface area (Å²) in [6.45, 7) is 5.59. The average molecular weight is 540 g/mol. The quantitative estimate of drug-likeness (QED) is 0.301. The molecular weight excluding hydrogens is 506 g/mol. The number of aromatic amines is 1. The molecule has 9 nitrogen and oxygen atoms in total. The van der Waals surface area contributed by atoms with Gasteiger partial charge in [-0.05, 0) is 50.4 Å². The summed E-state index contributed by atoms with van der Waals surface area (Å²) in [5.41, 5.74) is 3.84. The summed E-state index contributed by atoms with van der Waals surface area (Å²) < 4.78 is 0. The summed E-state index contributed by atoms with van der Waals surface area (Å²) >= 11 is 0. The monoisotopic (exact) mass is 539 g/mol. The number of likely N-dealkylation sites (N-methyl/N-ethyl adjacent to an activating group) is 2. The molecule has 1 amide bonds. The van der Waals surface area contributed by atoms with Gasteiger partial charge in [-0.1, -0.05) is 36.4 Å². The fourth-order valence-electron chi connectivity index (χ4n) is 5.07.